The average Bonchev–Trinajstić information content (AvgIpc) is 2.37. The first-order chi connectivity index (χ1) is 8.14. The Labute approximate surface area is 103 Å². The summed E-state index contributed by atoms with van der Waals surface area (Å²) in [6.07, 6.45) is 0.734. The van der Waals surface area contributed by atoms with E-state index in [9.17, 15) is 4.79 Å². The van der Waals surface area contributed by atoms with Crippen LogP contribution < -0.4 is 16.4 Å². The number of nitrogens with two attached hydrogens (primary N) is 1. The second-order valence-electron chi connectivity index (χ2n) is 3.37. The molecule has 102 valence electrons. The van der Waals surface area contributed by atoms with Crippen LogP contribution in [0.15, 0.2) is 0 Å². The molecule has 0 atom stereocenters. The fraction of sp³-hybridized carbons (Fsp3) is 0.889. The van der Waals surface area contributed by atoms with E-state index in [4.69, 9.17) is 19.0 Å². The predicted octanol–water partition coefficient (Wildman–Crippen LogP) is -0.487. The van der Waals surface area contributed by atoms with Crippen molar-refractivity contribution in [3.8, 4) is 0 Å². The van der Waals surface area contributed by atoms with E-state index in [1.54, 1.807) is 21.3 Å². The molecule has 4 N–H and O–H groups in total. The first-order valence-electron chi connectivity index (χ1n) is 5.51. The zero-order chi connectivity index (χ0) is 13.1. The van der Waals surface area contributed by atoms with Crippen molar-refractivity contribution in [1.29, 1.82) is 0 Å². The second-order valence-corrected chi connectivity index (χ2v) is 6.46. The number of hydrogen-bond acceptors (Lipinski definition) is 5. The molecule has 2 amide bonds. The van der Waals surface area contributed by atoms with Crippen LogP contribution in [0.1, 0.15) is 6.42 Å². The third-order valence-corrected chi connectivity index (χ3v) is 5.14. The van der Waals surface area contributed by atoms with Crippen LogP contribution in [0.5, 0.6) is 0 Å². The molecular weight excluding hydrogens is 242 g/mol. The lowest BCUT2D eigenvalue weighted by Crippen LogP contribution is -2.44. The Morgan fingerprint density at radius 3 is 2.12 bits per heavy atom. The SMILES string of the molecule is CO[Si](CCCNC(=O)NCCN)(OC)OC. The molecule has 0 bridgehead atoms. The smallest absolute Gasteiger partial charge is 0.377 e. The number of amides is 2. The van der Waals surface area contributed by atoms with Gasteiger partial charge in [0.25, 0.3) is 0 Å². The Morgan fingerprint density at radius 2 is 1.65 bits per heavy atom. The molecule has 7 nitrogen and oxygen atoms in total. The minimum atomic E-state index is -2.51. The highest BCUT2D eigenvalue weighted by Gasteiger charge is 2.36. The highest BCUT2D eigenvalue weighted by molar-refractivity contribution is 6.60. The van der Waals surface area contributed by atoms with E-state index < -0.39 is 8.80 Å². The van der Waals surface area contributed by atoms with Gasteiger partial charge in [-0.15, -0.1) is 0 Å². The van der Waals surface area contributed by atoms with Gasteiger partial charge < -0.3 is 29.6 Å². The maximum Gasteiger partial charge on any atom is 0.500 e. The maximum absolute atomic E-state index is 11.2. The molecule has 0 aromatic carbocycles. The van der Waals surface area contributed by atoms with E-state index in [-0.39, 0.29) is 6.03 Å². The normalized spacial score (nSPS) is 11.3. The van der Waals surface area contributed by atoms with Crippen molar-refractivity contribution in [2.24, 2.45) is 5.73 Å². The van der Waals surface area contributed by atoms with E-state index in [2.05, 4.69) is 10.6 Å². The van der Waals surface area contributed by atoms with Gasteiger partial charge in [0.2, 0.25) is 0 Å². The first kappa shape index (κ1) is 16.3. The van der Waals surface area contributed by atoms with Crippen molar-refractivity contribution in [2.45, 2.75) is 12.5 Å². The molecule has 0 saturated heterocycles. The predicted molar refractivity (Wildman–Crippen MR) is 66.7 cm³/mol. The summed E-state index contributed by atoms with van der Waals surface area (Å²) in [7, 11) is 2.20. The fourth-order valence-corrected chi connectivity index (χ4v) is 3.03. The van der Waals surface area contributed by atoms with Gasteiger partial charge in [0, 0.05) is 47.0 Å². The van der Waals surface area contributed by atoms with E-state index in [0.717, 1.165) is 6.42 Å². The standard InChI is InChI=1S/C9H23N3O4Si/c1-14-17(15-2,16-3)8-4-6-11-9(13)12-7-5-10/h4-8,10H2,1-3H3,(H2,11,12,13). The van der Waals surface area contributed by atoms with Crippen molar-refractivity contribution in [3.63, 3.8) is 0 Å². The van der Waals surface area contributed by atoms with E-state index in [1.165, 1.54) is 0 Å². The Morgan fingerprint density at radius 1 is 1.12 bits per heavy atom. The first-order valence-corrected chi connectivity index (χ1v) is 7.44. The summed E-state index contributed by atoms with van der Waals surface area (Å²) in [4.78, 5) is 11.2. The monoisotopic (exact) mass is 265 g/mol. The van der Waals surface area contributed by atoms with E-state index >= 15 is 0 Å². The Bertz CT molecular complexity index is 206. The van der Waals surface area contributed by atoms with Gasteiger partial charge in [-0.05, 0) is 6.42 Å². The minimum Gasteiger partial charge on any atom is -0.377 e. The highest BCUT2D eigenvalue weighted by Crippen LogP contribution is 2.14. The Kier molecular flexibility index (Phi) is 9.00. The van der Waals surface area contributed by atoms with Crippen molar-refractivity contribution in [3.05, 3.63) is 0 Å². The van der Waals surface area contributed by atoms with Crippen molar-refractivity contribution >= 4 is 14.8 Å². The molecule has 0 aliphatic carbocycles. The molecular formula is C9H23N3O4Si. The van der Waals surface area contributed by atoms with Crippen LogP contribution in [0.2, 0.25) is 6.04 Å². The summed E-state index contributed by atoms with van der Waals surface area (Å²) in [6, 6.07) is 0.447. The zero-order valence-electron chi connectivity index (χ0n) is 10.7. The van der Waals surface area contributed by atoms with Gasteiger partial charge in [0.05, 0.1) is 0 Å². The third-order valence-electron chi connectivity index (χ3n) is 2.31. The average molecular weight is 265 g/mol. The topological polar surface area (TPSA) is 94.8 Å². The molecule has 0 unspecified atom stereocenters. The number of carbonyl (C=O) groups is 1. The number of rotatable bonds is 9. The molecule has 0 aromatic rings. The van der Waals surface area contributed by atoms with Crippen LogP contribution in [0.3, 0.4) is 0 Å². The van der Waals surface area contributed by atoms with Gasteiger partial charge in [0.15, 0.2) is 0 Å². The molecule has 0 rings (SSSR count). The molecule has 0 aliphatic heterocycles. The molecule has 0 spiro atoms. The second kappa shape index (κ2) is 9.37. The van der Waals surface area contributed by atoms with Gasteiger partial charge in [0.1, 0.15) is 0 Å². The summed E-state index contributed by atoms with van der Waals surface area (Å²) in [6.45, 7) is 1.44. The van der Waals surface area contributed by atoms with Crippen molar-refractivity contribution in [2.75, 3.05) is 41.0 Å². The number of carbonyl (C=O) groups excluding carboxylic acids is 1. The van der Waals surface area contributed by atoms with Gasteiger partial charge in [-0.2, -0.15) is 0 Å². The molecule has 0 fully saturated rings. The zero-order valence-corrected chi connectivity index (χ0v) is 11.7. The lowest BCUT2D eigenvalue weighted by Gasteiger charge is -2.24. The van der Waals surface area contributed by atoms with E-state index in [0.29, 0.717) is 25.7 Å². The van der Waals surface area contributed by atoms with Crippen LogP contribution in [-0.4, -0.2) is 55.8 Å². The van der Waals surface area contributed by atoms with Gasteiger partial charge in [-0.3, -0.25) is 0 Å². The molecule has 0 heterocycles. The molecule has 17 heavy (non-hydrogen) atoms. The molecule has 8 heteroatoms. The molecule has 0 radical (unpaired) electrons. The van der Waals surface area contributed by atoms with Crippen molar-refractivity contribution in [1.82, 2.24) is 10.6 Å². The number of hydrogen-bond donors (Lipinski definition) is 3. The van der Waals surface area contributed by atoms with Crippen molar-refractivity contribution < 1.29 is 18.1 Å². The summed E-state index contributed by atoms with van der Waals surface area (Å²) < 4.78 is 15.8. The summed E-state index contributed by atoms with van der Waals surface area (Å²) >= 11 is 0. The van der Waals surface area contributed by atoms with Crippen LogP contribution in [0.4, 0.5) is 4.79 Å². The fourth-order valence-electron chi connectivity index (χ4n) is 1.31. The molecule has 0 aliphatic rings. The van der Waals surface area contributed by atoms with E-state index in [1.807, 2.05) is 0 Å². The Hall–Kier alpha value is -0.673. The number of urea groups is 1. The van der Waals surface area contributed by atoms with Crippen LogP contribution >= 0.6 is 0 Å². The van der Waals surface area contributed by atoms with Gasteiger partial charge >= 0.3 is 14.8 Å². The lowest BCUT2D eigenvalue weighted by molar-refractivity contribution is 0.123. The van der Waals surface area contributed by atoms with Crippen LogP contribution in [0, 0.1) is 0 Å². The van der Waals surface area contributed by atoms with Gasteiger partial charge in [-0.1, -0.05) is 0 Å². The lowest BCUT2D eigenvalue weighted by atomic mass is 10.5. The molecule has 0 aromatic heterocycles. The maximum atomic E-state index is 11.2. The Balaban J connectivity index is 3.71. The quantitative estimate of drug-likeness (QED) is 0.386. The van der Waals surface area contributed by atoms with Crippen LogP contribution in [0.25, 0.3) is 0 Å². The number of nitrogens with one attached hydrogen (secondary N) is 2. The summed E-state index contributed by atoms with van der Waals surface area (Å²) in [5.74, 6) is 0. The van der Waals surface area contributed by atoms with Gasteiger partial charge in [-0.25, -0.2) is 4.79 Å². The summed E-state index contributed by atoms with van der Waals surface area (Å²) in [5, 5.41) is 5.33. The molecule has 0 saturated carbocycles. The summed E-state index contributed by atoms with van der Waals surface area (Å²) in [5.41, 5.74) is 5.26. The largest absolute Gasteiger partial charge is 0.500 e. The minimum absolute atomic E-state index is 0.213. The highest BCUT2D eigenvalue weighted by atomic mass is 28.4. The van der Waals surface area contributed by atoms with Crippen LogP contribution in [-0.2, 0) is 13.3 Å². The third kappa shape index (κ3) is 6.59.